The largest absolute Gasteiger partial charge is 0.395 e. The average molecular weight is 226 g/mol. The van der Waals surface area contributed by atoms with Crippen LogP contribution in [0.4, 0.5) is 0 Å². The summed E-state index contributed by atoms with van der Waals surface area (Å²) in [6.45, 7) is 2.60. The third-order valence-corrected chi connectivity index (χ3v) is 4.40. The summed E-state index contributed by atoms with van der Waals surface area (Å²) >= 11 is 0. The van der Waals surface area contributed by atoms with Crippen LogP contribution in [-0.4, -0.2) is 41.8 Å². The maximum absolute atomic E-state index is 9.38. The molecule has 1 aliphatic heterocycles. The second kappa shape index (κ2) is 5.99. The molecule has 1 aliphatic carbocycles. The molecule has 3 unspecified atom stereocenters. The molecule has 3 N–H and O–H groups in total. The summed E-state index contributed by atoms with van der Waals surface area (Å²) in [5.74, 6) is 0.667. The normalized spacial score (nSPS) is 37.5. The van der Waals surface area contributed by atoms with E-state index in [-0.39, 0.29) is 0 Å². The molecule has 2 fully saturated rings. The molecule has 94 valence electrons. The number of hydrogen-bond donors (Lipinski definition) is 2. The van der Waals surface area contributed by atoms with Crippen LogP contribution in [0.3, 0.4) is 0 Å². The molecule has 1 saturated carbocycles. The third kappa shape index (κ3) is 2.96. The van der Waals surface area contributed by atoms with Crippen molar-refractivity contribution in [3.63, 3.8) is 0 Å². The van der Waals surface area contributed by atoms with Gasteiger partial charge in [0.05, 0.1) is 6.61 Å². The summed E-state index contributed by atoms with van der Waals surface area (Å²) in [7, 11) is 0. The first-order chi connectivity index (χ1) is 7.81. The SMILES string of the molecule is NC1CCCCC1CN1CCCCC1CO. The summed E-state index contributed by atoms with van der Waals surface area (Å²) in [4.78, 5) is 2.49. The van der Waals surface area contributed by atoms with E-state index in [0.717, 1.165) is 13.1 Å². The predicted octanol–water partition coefficient (Wildman–Crippen LogP) is 1.35. The Morgan fingerprint density at radius 1 is 1.06 bits per heavy atom. The van der Waals surface area contributed by atoms with E-state index < -0.39 is 0 Å². The Morgan fingerprint density at radius 3 is 2.56 bits per heavy atom. The van der Waals surface area contributed by atoms with Crippen molar-refractivity contribution in [2.75, 3.05) is 19.7 Å². The van der Waals surface area contributed by atoms with Gasteiger partial charge >= 0.3 is 0 Å². The van der Waals surface area contributed by atoms with Crippen molar-refractivity contribution in [1.82, 2.24) is 4.90 Å². The average Bonchev–Trinajstić information content (AvgIpc) is 2.33. The minimum absolute atomic E-state index is 0.321. The van der Waals surface area contributed by atoms with Crippen LogP contribution in [0, 0.1) is 5.92 Å². The molecule has 0 aromatic heterocycles. The first-order valence-electron chi connectivity index (χ1n) is 6.91. The van der Waals surface area contributed by atoms with Crippen LogP contribution >= 0.6 is 0 Å². The van der Waals surface area contributed by atoms with Gasteiger partial charge < -0.3 is 10.8 Å². The van der Waals surface area contributed by atoms with E-state index in [9.17, 15) is 5.11 Å². The van der Waals surface area contributed by atoms with Gasteiger partial charge in [-0.2, -0.15) is 0 Å². The van der Waals surface area contributed by atoms with Gasteiger partial charge in [0, 0.05) is 18.6 Å². The number of nitrogens with two attached hydrogens (primary N) is 1. The van der Waals surface area contributed by atoms with Crippen LogP contribution in [0.5, 0.6) is 0 Å². The maximum atomic E-state index is 9.38. The van der Waals surface area contributed by atoms with Crippen molar-refractivity contribution in [3.8, 4) is 0 Å². The molecule has 3 nitrogen and oxygen atoms in total. The van der Waals surface area contributed by atoms with Crippen LogP contribution < -0.4 is 5.73 Å². The Bertz CT molecular complexity index is 210. The zero-order valence-corrected chi connectivity index (χ0v) is 10.3. The highest BCUT2D eigenvalue weighted by Crippen LogP contribution is 2.26. The van der Waals surface area contributed by atoms with Gasteiger partial charge in [-0.15, -0.1) is 0 Å². The van der Waals surface area contributed by atoms with Gasteiger partial charge in [-0.05, 0) is 38.1 Å². The molecule has 1 saturated heterocycles. The molecular formula is C13H26N2O. The molecule has 2 rings (SSSR count). The van der Waals surface area contributed by atoms with Gasteiger partial charge in [-0.3, -0.25) is 4.90 Å². The van der Waals surface area contributed by atoms with E-state index in [4.69, 9.17) is 5.73 Å². The zero-order valence-electron chi connectivity index (χ0n) is 10.3. The van der Waals surface area contributed by atoms with Crippen molar-refractivity contribution >= 4 is 0 Å². The molecule has 3 atom stereocenters. The molecule has 1 heterocycles. The summed E-state index contributed by atoms with van der Waals surface area (Å²) in [6.07, 6.45) is 8.87. The van der Waals surface area contributed by atoms with Gasteiger partial charge in [0.1, 0.15) is 0 Å². The minimum Gasteiger partial charge on any atom is -0.395 e. The lowest BCUT2D eigenvalue weighted by Gasteiger charge is -2.39. The first kappa shape index (κ1) is 12.3. The fraction of sp³-hybridized carbons (Fsp3) is 1.00. The number of piperidine rings is 1. The smallest absolute Gasteiger partial charge is 0.0586 e. The monoisotopic (exact) mass is 226 g/mol. The van der Waals surface area contributed by atoms with Crippen LogP contribution in [-0.2, 0) is 0 Å². The van der Waals surface area contributed by atoms with E-state index in [1.54, 1.807) is 0 Å². The lowest BCUT2D eigenvalue weighted by molar-refractivity contribution is 0.0656. The molecule has 0 aromatic rings. The van der Waals surface area contributed by atoms with E-state index >= 15 is 0 Å². The Balaban J connectivity index is 1.86. The Hall–Kier alpha value is -0.120. The Labute approximate surface area is 99.0 Å². The number of hydrogen-bond acceptors (Lipinski definition) is 3. The quantitative estimate of drug-likeness (QED) is 0.764. The molecule has 3 heteroatoms. The zero-order chi connectivity index (χ0) is 11.4. The molecular weight excluding hydrogens is 200 g/mol. The number of aliphatic hydroxyl groups is 1. The molecule has 0 aromatic carbocycles. The second-order valence-corrected chi connectivity index (χ2v) is 5.54. The first-order valence-corrected chi connectivity index (χ1v) is 6.91. The molecule has 0 spiro atoms. The van der Waals surface area contributed by atoms with Crippen molar-refractivity contribution in [2.24, 2.45) is 11.7 Å². The van der Waals surface area contributed by atoms with Crippen molar-refractivity contribution in [2.45, 2.75) is 57.0 Å². The van der Waals surface area contributed by atoms with Crippen molar-refractivity contribution in [3.05, 3.63) is 0 Å². The van der Waals surface area contributed by atoms with Crippen LogP contribution in [0.2, 0.25) is 0 Å². The molecule has 0 amide bonds. The third-order valence-electron chi connectivity index (χ3n) is 4.40. The van der Waals surface area contributed by atoms with E-state index in [2.05, 4.69) is 4.90 Å². The van der Waals surface area contributed by atoms with E-state index in [0.29, 0.717) is 24.6 Å². The second-order valence-electron chi connectivity index (χ2n) is 5.54. The van der Waals surface area contributed by atoms with Gasteiger partial charge in [-0.25, -0.2) is 0 Å². The highest BCUT2D eigenvalue weighted by Gasteiger charge is 2.28. The Kier molecular flexibility index (Phi) is 4.62. The number of likely N-dealkylation sites (tertiary alicyclic amines) is 1. The fourth-order valence-corrected chi connectivity index (χ4v) is 3.27. The minimum atomic E-state index is 0.321. The predicted molar refractivity (Wildman–Crippen MR) is 66.2 cm³/mol. The lowest BCUT2D eigenvalue weighted by atomic mass is 9.84. The summed E-state index contributed by atoms with van der Waals surface area (Å²) < 4.78 is 0. The molecule has 2 aliphatic rings. The van der Waals surface area contributed by atoms with Crippen molar-refractivity contribution < 1.29 is 5.11 Å². The van der Waals surface area contributed by atoms with E-state index in [1.807, 2.05) is 0 Å². The summed E-state index contributed by atoms with van der Waals surface area (Å²) in [5.41, 5.74) is 6.19. The highest BCUT2D eigenvalue weighted by molar-refractivity contribution is 4.84. The van der Waals surface area contributed by atoms with Gasteiger partial charge in [-0.1, -0.05) is 19.3 Å². The maximum Gasteiger partial charge on any atom is 0.0586 e. The number of aliphatic hydroxyl groups excluding tert-OH is 1. The molecule has 0 bridgehead atoms. The van der Waals surface area contributed by atoms with Crippen LogP contribution in [0.15, 0.2) is 0 Å². The summed E-state index contributed by atoms with van der Waals surface area (Å²) in [6, 6.07) is 0.804. The molecule has 0 radical (unpaired) electrons. The van der Waals surface area contributed by atoms with E-state index in [1.165, 1.54) is 44.9 Å². The molecule has 16 heavy (non-hydrogen) atoms. The van der Waals surface area contributed by atoms with Gasteiger partial charge in [0.15, 0.2) is 0 Å². The van der Waals surface area contributed by atoms with Crippen LogP contribution in [0.1, 0.15) is 44.9 Å². The van der Waals surface area contributed by atoms with Gasteiger partial charge in [0.2, 0.25) is 0 Å². The van der Waals surface area contributed by atoms with Crippen molar-refractivity contribution in [1.29, 1.82) is 0 Å². The van der Waals surface area contributed by atoms with Crippen LogP contribution in [0.25, 0.3) is 0 Å². The fourth-order valence-electron chi connectivity index (χ4n) is 3.27. The Morgan fingerprint density at radius 2 is 1.81 bits per heavy atom. The summed E-state index contributed by atoms with van der Waals surface area (Å²) in [5, 5.41) is 9.38. The topological polar surface area (TPSA) is 49.5 Å². The van der Waals surface area contributed by atoms with Gasteiger partial charge in [0.25, 0.3) is 0 Å². The highest BCUT2D eigenvalue weighted by atomic mass is 16.3. The standard InChI is InChI=1S/C13H26N2O/c14-13-7-2-1-5-11(13)9-15-8-4-3-6-12(15)10-16/h11-13,16H,1-10,14H2. The number of nitrogens with zero attached hydrogens (tertiary/aromatic N) is 1. The lowest BCUT2D eigenvalue weighted by Crippen LogP contribution is -2.48. The number of rotatable bonds is 3.